The number of hydrogen-bond acceptors (Lipinski definition) is 3. The summed E-state index contributed by atoms with van der Waals surface area (Å²) in [5.41, 5.74) is 0.600. The SMILES string of the molecule is COc1ccccc1[C@H](CC(=O)C(C)(C)C)O[Si](C)(C)C.[C-]#[O+].[C-]#[O+].[C-]#[O+].[Cr]. The average Bonchev–Trinajstić information content (AvgIpc) is 2.64. The number of ketones is 1. The zero-order chi connectivity index (χ0) is 22.3. The molecular formula is C20H28CrO6Si. The predicted molar refractivity (Wildman–Crippen MR) is 101 cm³/mol. The molecule has 0 amide bonds. The molecule has 0 aliphatic rings. The third kappa shape index (κ3) is 14.6. The van der Waals surface area contributed by atoms with Gasteiger partial charge in [-0.25, -0.2) is 0 Å². The van der Waals surface area contributed by atoms with Gasteiger partial charge in [0.25, 0.3) is 0 Å². The number of rotatable bonds is 6. The molecule has 6 nitrogen and oxygen atoms in total. The van der Waals surface area contributed by atoms with E-state index < -0.39 is 8.32 Å². The molecule has 1 atom stereocenters. The van der Waals surface area contributed by atoms with Crippen LogP contribution >= 0.6 is 0 Å². The largest absolute Gasteiger partial charge is 0 e. The molecule has 0 heterocycles. The Balaban J connectivity index is -0.000000374. The Morgan fingerprint density at radius 3 is 1.82 bits per heavy atom. The Bertz CT molecular complexity index is 597. The quantitative estimate of drug-likeness (QED) is 0.368. The van der Waals surface area contributed by atoms with Crippen LogP contribution in [-0.2, 0) is 40.5 Å². The van der Waals surface area contributed by atoms with Crippen LogP contribution < -0.4 is 4.74 Å². The van der Waals surface area contributed by atoms with Crippen molar-refractivity contribution in [1.82, 2.24) is 0 Å². The molecule has 1 aromatic rings. The van der Waals surface area contributed by atoms with Gasteiger partial charge in [0.15, 0.2) is 8.32 Å². The summed E-state index contributed by atoms with van der Waals surface area (Å²) in [7, 11) is -0.124. The van der Waals surface area contributed by atoms with Crippen molar-refractivity contribution in [3.05, 3.63) is 49.8 Å². The van der Waals surface area contributed by atoms with Gasteiger partial charge in [-0.3, -0.25) is 4.79 Å². The molecule has 0 bridgehead atoms. The van der Waals surface area contributed by atoms with Gasteiger partial charge in [-0.1, -0.05) is 39.0 Å². The maximum absolute atomic E-state index is 12.4. The maximum Gasteiger partial charge on any atom is 0 e. The Kier molecular flexibility index (Phi) is 21.6. The van der Waals surface area contributed by atoms with Gasteiger partial charge < -0.3 is 9.16 Å². The molecular weight excluding hydrogens is 416 g/mol. The van der Waals surface area contributed by atoms with E-state index in [9.17, 15) is 4.79 Å². The Labute approximate surface area is 180 Å². The zero-order valence-corrected chi connectivity index (χ0v) is 19.7. The van der Waals surface area contributed by atoms with E-state index in [0.29, 0.717) is 6.42 Å². The number of hydrogen-bond donors (Lipinski definition) is 0. The van der Waals surface area contributed by atoms with Crippen LogP contribution in [0.5, 0.6) is 5.75 Å². The number of carbonyl (C=O) groups excluding carboxylic acids is 1. The van der Waals surface area contributed by atoms with Crippen LogP contribution in [0, 0.1) is 25.4 Å². The van der Waals surface area contributed by atoms with Gasteiger partial charge in [0.1, 0.15) is 11.5 Å². The van der Waals surface area contributed by atoms with Crippen LogP contribution in [-0.4, -0.2) is 21.2 Å². The van der Waals surface area contributed by atoms with Crippen molar-refractivity contribution in [2.45, 2.75) is 52.9 Å². The smallest absolute Gasteiger partial charge is 0 e. The second-order valence-electron chi connectivity index (χ2n) is 7.34. The van der Waals surface area contributed by atoms with Crippen molar-refractivity contribution in [1.29, 1.82) is 0 Å². The van der Waals surface area contributed by atoms with Gasteiger partial charge in [0.05, 0.1) is 13.2 Å². The first-order chi connectivity index (χ1) is 12.5. The van der Waals surface area contributed by atoms with Crippen LogP contribution in [0.15, 0.2) is 24.3 Å². The Hall–Kier alpha value is -1.38. The van der Waals surface area contributed by atoms with E-state index in [0.717, 1.165) is 11.3 Å². The van der Waals surface area contributed by atoms with E-state index in [2.05, 4.69) is 39.6 Å². The number of carbonyl (C=O) groups is 1. The fourth-order valence-electron chi connectivity index (χ4n) is 2.05. The number of methoxy groups -OCH3 is 1. The van der Waals surface area contributed by atoms with Crippen molar-refractivity contribution in [3.8, 4) is 5.75 Å². The van der Waals surface area contributed by atoms with Gasteiger partial charge in [0.2, 0.25) is 0 Å². The van der Waals surface area contributed by atoms with Crippen molar-refractivity contribution < 1.29 is 45.3 Å². The van der Waals surface area contributed by atoms with Crippen molar-refractivity contribution in [3.63, 3.8) is 0 Å². The van der Waals surface area contributed by atoms with E-state index in [4.69, 9.17) is 23.1 Å². The van der Waals surface area contributed by atoms with E-state index in [1.165, 1.54) is 0 Å². The number of ether oxygens (including phenoxy) is 1. The van der Waals surface area contributed by atoms with Crippen molar-refractivity contribution in [2.75, 3.05) is 7.11 Å². The minimum absolute atomic E-state index is 0. The fraction of sp³-hybridized carbons (Fsp3) is 0.500. The number of para-hydroxylation sites is 1. The topological polar surface area (TPSA) is 95.2 Å². The summed E-state index contributed by atoms with van der Waals surface area (Å²) >= 11 is 0. The van der Waals surface area contributed by atoms with Crippen LogP contribution in [0.4, 0.5) is 0 Å². The van der Waals surface area contributed by atoms with Crippen molar-refractivity contribution in [2.24, 2.45) is 5.41 Å². The summed E-state index contributed by atoms with van der Waals surface area (Å²) in [6.45, 7) is 25.8. The Morgan fingerprint density at radius 2 is 1.46 bits per heavy atom. The van der Waals surface area contributed by atoms with Crippen molar-refractivity contribution >= 4 is 14.1 Å². The third-order valence-corrected chi connectivity index (χ3v) is 4.18. The first-order valence-corrected chi connectivity index (χ1v) is 11.4. The molecule has 0 N–H and O–H groups in total. The van der Waals surface area contributed by atoms with Gasteiger partial charge in [-0.2, -0.15) is 0 Å². The standard InChI is InChI=1S/C17H28O3Si.3CO.Cr/c1-17(2,3)16(18)12-15(20-21(5,6)7)13-10-8-9-11-14(13)19-4;3*1-2;/h8-11,15H,12H2,1-7H3;;;;/t15-;;;;/m0..../s1. The molecule has 1 rings (SSSR count). The molecule has 8 heteroatoms. The van der Waals surface area contributed by atoms with Crippen LogP contribution in [0.2, 0.25) is 19.6 Å². The molecule has 0 saturated heterocycles. The summed E-state index contributed by atoms with van der Waals surface area (Å²) < 4.78 is 34.2. The molecule has 28 heavy (non-hydrogen) atoms. The monoisotopic (exact) mass is 444 g/mol. The first-order valence-electron chi connectivity index (χ1n) is 8.00. The van der Waals surface area contributed by atoms with Gasteiger partial charge in [0, 0.05) is 34.8 Å². The summed E-state index contributed by atoms with van der Waals surface area (Å²) in [4.78, 5) is 12.4. The number of benzene rings is 1. The van der Waals surface area contributed by atoms with Crippen LogP contribution in [0.1, 0.15) is 38.9 Å². The van der Waals surface area contributed by atoms with E-state index in [-0.39, 0.29) is 34.7 Å². The van der Waals surface area contributed by atoms with Gasteiger partial charge in [-0.15, -0.1) is 0 Å². The van der Waals surface area contributed by atoms with Crippen LogP contribution in [0.3, 0.4) is 0 Å². The molecule has 0 fully saturated rings. The molecule has 0 aliphatic carbocycles. The van der Waals surface area contributed by atoms with Gasteiger partial charge in [-0.05, 0) is 25.7 Å². The van der Waals surface area contributed by atoms with E-state index in [1.807, 2.05) is 45.0 Å². The normalized spacial score (nSPS) is 10.6. The third-order valence-electron chi connectivity index (χ3n) is 3.19. The maximum atomic E-state index is 12.4. The molecule has 0 unspecified atom stereocenters. The molecule has 0 spiro atoms. The fourth-order valence-corrected chi connectivity index (χ4v) is 3.11. The molecule has 154 valence electrons. The summed E-state index contributed by atoms with van der Waals surface area (Å²) in [6.07, 6.45) is 0.147. The second-order valence-corrected chi connectivity index (χ2v) is 11.8. The summed E-state index contributed by atoms with van der Waals surface area (Å²) in [5, 5.41) is 0. The molecule has 0 radical (unpaired) electrons. The molecule has 0 saturated carbocycles. The first kappa shape index (κ1) is 34.1. The van der Waals surface area contributed by atoms with Gasteiger partial charge >= 0.3 is 33.9 Å². The van der Waals surface area contributed by atoms with Crippen LogP contribution in [0.25, 0.3) is 0 Å². The summed E-state index contributed by atoms with van der Waals surface area (Å²) in [6, 6.07) is 7.79. The average molecular weight is 445 g/mol. The predicted octanol–water partition coefficient (Wildman–Crippen LogP) is 4.48. The van der Waals surface area contributed by atoms with E-state index >= 15 is 0 Å². The second kappa shape index (κ2) is 17.7. The van der Waals surface area contributed by atoms with E-state index in [1.54, 1.807) is 7.11 Å². The molecule has 1 aromatic carbocycles. The number of Topliss-reactive ketones (excluding diaryl/α,β-unsaturated/α-hetero) is 1. The summed E-state index contributed by atoms with van der Waals surface area (Å²) in [5.74, 6) is 0.985. The Morgan fingerprint density at radius 1 is 1.04 bits per heavy atom. The minimum Gasteiger partial charge on any atom is 0 e. The molecule has 0 aliphatic heterocycles. The zero-order valence-electron chi connectivity index (χ0n) is 17.5. The minimum atomic E-state index is -1.77. The molecule has 0 aromatic heterocycles.